The van der Waals surface area contributed by atoms with Crippen LogP contribution in [0, 0.1) is 0 Å². The van der Waals surface area contributed by atoms with Gasteiger partial charge in [-0.1, -0.05) is 59.6 Å². The van der Waals surface area contributed by atoms with Gasteiger partial charge in [-0.3, -0.25) is 14.6 Å². The lowest BCUT2D eigenvalue weighted by Gasteiger charge is -2.38. The molecule has 0 fully saturated rings. The third kappa shape index (κ3) is 4.81. The number of hydrogen-bond acceptors (Lipinski definition) is 4. The maximum atomic E-state index is 12.9. The zero-order chi connectivity index (χ0) is 25.3. The molecular formula is C25H21Cl2N3O5. The standard InChI is InChI=1S/C25H21Cl2N3O5/c1-29-20-8-3-2-5-16(20)23(32)30(25(29)35)15-11-9-14(10-12-15)13-19(24(33)34)28-22(31)21-17(26)6-4-7-18(21)27/h2-12,19,23,32H,13H2,1H3,(H,28,31)(H,33,34). The van der Waals surface area contributed by atoms with E-state index < -0.39 is 30.2 Å². The van der Waals surface area contributed by atoms with Crippen LogP contribution in [0.1, 0.15) is 27.7 Å². The van der Waals surface area contributed by atoms with Gasteiger partial charge in [0.05, 0.1) is 21.3 Å². The molecule has 3 amide bonds. The Balaban J connectivity index is 1.53. The minimum atomic E-state index is -1.25. The number of nitrogens with zero attached hydrogens (tertiary/aromatic N) is 2. The summed E-state index contributed by atoms with van der Waals surface area (Å²) in [5.41, 5.74) is 2.24. The number of benzene rings is 3. The lowest BCUT2D eigenvalue weighted by molar-refractivity contribution is -0.139. The van der Waals surface area contributed by atoms with E-state index in [1.54, 1.807) is 61.6 Å². The van der Waals surface area contributed by atoms with E-state index in [0.29, 0.717) is 22.5 Å². The van der Waals surface area contributed by atoms with Gasteiger partial charge in [-0.2, -0.15) is 0 Å². The van der Waals surface area contributed by atoms with Gasteiger partial charge in [-0.05, 0) is 35.9 Å². The van der Waals surface area contributed by atoms with Crippen LogP contribution in [-0.4, -0.2) is 41.2 Å². The smallest absolute Gasteiger partial charge is 0.331 e. The number of aliphatic hydroxyl groups is 1. The maximum Gasteiger partial charge on any atom is 0.331 e. The highest BCUT2D eigenvalue weighted by Gasteiger charge is 2.35. The molecule has 0 saturated heterocycles. The molecule has 1 aliphatic heterocycles. The highest BCUT2D eigenvalue weighted by Crippen LogP contribution is 2.37. The molecule has 2 atom stereocenters. The first kappa shape index (κ1) is 24.5. The summed E-state index contributed by atoms with van der Waals surface area (Å²) in [6.45, 7) is 0. The van der Waals surface area contributed by atoms with Gasteiger partial charge in [0.15, 0.2) is 6.23 Å². The van der Waals surface area contributed by atoms with E-state index in [9.17, 15) is 24.6 Å². The fourth-order valence-electron chi connectivity index (χ4n) is 3.94. The normalized spacial score (nSPS) is 16.0. The number of para-hydroxylation sites is 1. The molecule has 1 aliphatic rings. The van der Waals surface area contributed by atoms with Crippen molar-refractivity contribution in [3.8, 4) is 0 Å². The molecular weight excluding hydrogens is 493 g/mol. The SMILES string of the molecule is CN1C(=O)N(c2ccc(CC(NC(=O)c3c(Cl)cccc3Cl)C(=O)O)cc2)C(O)c2ccccc21. The number of carbonyl (C=O) groups is 3. The van der Waals surface area contributed by atoms with Crippen LogP contribution in [-0.2, 0) is 11.2 Å². The van der Waals surface area contributed by atoms with E-state index in [4.69, 9.17) is 23.2 Å². The number of carboxylic acid groups (broad SMARTS) is 1. The second kappa shape index (κ2) is 9.95. The Kier molecular flexibility index (Phi) is 6.98. The second-order valence-corrected chi connectivity index (χ2v) is 8.79. The molecule has 0 aromatic heterocycles. The molecule has 180 valence electrons. The van der Waals surface area contributed by atoms with Crippen LogP contribution in [0.25, 0.3) is 0 Å². The number of amides is 3. The molecule has 4 rings (SSSR count). The second-order valence-electron chi connectivity index (χ2n) is 7.98. The number of rotatable bonds is 6. The molecule has 2 unspecified atom stereocenters. The van der Waals surface area contributed by atoms with Crippen LogP contribution in [0.3, 0.4) is 0 Å². The highest BCUT2D eigenvalue weighted by atomic mass is 35.5. The zero-order valence-electron chi connectivity index (χ0n) is 18.5. The Morgan fingerprint density at radius 3 is 2.26 bits per heavy atom. The number of halogens is 2. The van der Waals surface area contributed by atoms with Crippen LogP contribution in [0.2, 0.25) is 10.0 Å². The van der Waals surface area contributed by atoms with Crippen molar-refractivity contribution in [3.05, 3.63) is 93.5 Å². The predicted octanol–water partition coefficient (Wildman–Crippen LogP) is 4.49. The summed E-state index contributed by atoms with van der Waals surface area (Å²) in [5, 5.41) is 23.2. The van der Waals surface area contributed by atoms with Gasteiger partial charge in [-0.15, -0.1) is 0 Å². The molecule has 0 spiro atoms. The van der Waals surface area contributed by atoms with E-state index in [0.717, 1.165) is 0 Å². The average molecular weight is 514 g/mol. The minimum absolute atomic E-state index is 0.000527. The van der Waals surface area contributed by atoms with Gasteiger partial charge in [0.2, 0.25) is 0 Å². The van der Waals surface area contributed by atoms with Gasteiger partial charge < -0.3 is 15.5 Å². The predicted molar refractivity (Wildman–Crippen MR) is 133 cm³/mol. The Labute approximate surface area is 211 Å². The summed E-state index contributed by atoms with van der Waals surface area (Å²) in [4.78, 5) is 40.1. The summed E-state index contributed by atoms with van der Waals surface area (Å²) in [7, 11) is 1.62. The van der Waals surface area contributed by atoms with E-state index in [2.05, 4.69) is 5.32 Å². The van der Waals surface area contributed by atoms with Gasteiger partial charge in [0.1, 0.15) is 6.04 Å². The highest BCUT2D eigenvalue weighted by molar-refractivity contribution is 6.39. The molecule has 8 nitrogen and oxygen atoms in total. The molecule has 35 heavy (non-hydrogen) atoms. The number of anilines is 2. The van der Waals surface area contributed by atoms with Gasteiger partial charge in [0, 0.05) is 24.7 Å². The maximum absolute atomic E-state index is 12.9. The molecule has 10 heteroatoms. The van der Waals surface area contributed by atoms with Crippen molar-refractivity contribution < 1.29 is 24.6 Å². The molecule has 0 radical (unpaired) electrons. The molecule has 1 heterocycles. The molecule has 0 bridgehead atoms. The largest absolute Gasteiger partial charge is 0.480 e. The third-order valence-corrected chi connectivity index (χ3v) is 6.39. The summed E-state index contributed by atoms with van der Waals surface area (Å²) < 4.78 is 0. The minimum Gasteiger partial charge on any atom is -0.480 e. The molecule has 0 saturated carbocycles. The monoisotopic (exact) mass is 513 g/mol. The first-order valence-electron chi connectivity index (χ1n) is 10.6. The first-order chi connectivity index (χ1) is 16.7. The summed E-state index contributed by atoms with van der Waals surface area (Å²) in [6.07, 6.45) is -1.20. The summed E-state index contributed by atoms with van der Waals surface area (Å²) in [5.74, 6) is -1.93. The van der Waals surface area contributed by atoms with E-state index in [1.807, 2.05) is 0 Å². The van der Waals surface area contributed by atoms with Crippen molar-refractivity contribution in [3.63, 3.8) is 0 Å². The number of nitrogens with one attached hydrogen (secondary N) is 1. The molecule has 3 aromatic rings. The molecule has 3 aromatic carbocycles. The number of carbonyl (C=O) groups excluding carboxylic acids is 2. The number of aliphatic carboxylic acids is 1. The number of aliphatic hydroxyl groups excluding tert-OH is 1. The number of carboxylic acids is 1. The van der Waals surface area contributed by atoms with Crippen molar-refractivity contribution in [2.45, 2.75) is 18.7 Å². The molecule has 0 aliphatic carbocycles. The zero-order valence-corrected chi connectivity index (χ0v) is 20.0. The van der Waals surface area contributed by atoms with Gasteiger partial charge >= 0.3 is 12.0 Å². The number of hydrogen-bond donors (Lipinski definition) is 3. The quantitative estimate of drug-likeness (QED) is 0.449. The Morgan fingerprint density at radius 2 is 1.63 bits per heavy atom. The van der Waals surface area contributed by atoms with Gasteiger partial charge in [0.25, 0.3) is 5.91 Å². The van der Waals surface area contributed by atoms with Crippen LogP contribution < -0.4 is 15.1 Å². The topological polar surface area (TPSA) is 110 Å². The Bertz CT molecular complexity index is 1280. The summed E-state index contributed by atoms with van der Waals surface area (Å²) >= 11 is 12.1. The fraction of sp³-hybridized carbons (Fsp3) is 0.160. The van der Waals surface area contributed by atoms with Gasteiger partial charge in [-0.25, -0.2) is 9.59 Å². The van der Waals surface area contributed by atoms with Crippen LogP contribution in [0.5, 0.6) is 0 Å². The van der Waals surface area contributed by atoms with E-state index in [-0.39, 0.29) is 22.0 Å². The Hall–Kier alpha value is -3.59. The van der Waals surface area contributed by atoms with Crippen molar-refractivity contribution in [1.82, 2.24) is 5.32 Å². The van der Waals surface area contributed by atoms with Crippen molar-refractivity contribution in [1.29, 1.82) is 0 Å². The fourth-order valence-corrected chi connectivity index (χ4v) is 4.51. The average Bonchev–Trinajstić information content (AvgIpc) is 2.83. The first-order valence-corrected chi connectivity index (χ1v) is 11.3. The third-order valence-electron chi connectivity index (χ3n) is 5.76. The Morgan fingerprint density at radius 1 is 1.00 bits per heavy atom. The number of fused-ring (bicyclic) bond motifs is 1. The van der Waals surface area contributed by atoms with Crippen LogP contribution >= 0.6 is 23.2 Å². The van der Waals surface area contributed by atoms with Crippen molar-refractivity contribution in [2.75, 3.05) is 16.8 Å². The number of urea groups is 1. The van der Waals surface area contributed by atoms with Crippen LogP contribution in [0.15, 0.2) is 66.7 Å². The summed E-state index contributed by atoms with van der Waals surface area (Å²) in [6, 6.07) is 16.5. The van der Waals surface area contributed by atoms with Crippen LogP contribution in [0.4, 0.5) is 16.2 Å². The van der Waals surface area contributed by atoms with E-state index >= 15 is 0 Å². The lowest BCUT2D eigenvalue weighted by Crippen LogP contribution is -2.48. The molecule has 3 N–H and O–H groups in total. The van der Waals surface area contributed by atoms with E-state index in [1.165, 1.54) is 21.9 Å². The lowest BCUT2D eigenvalue weighted by atomic mass is 10.0. The van der Waals surface area contributed by atoms with Crippen molar-refractivity contribution in [2.24, 2.45) is 0 Å². The van der Waals surface area contributed by atoms with Crippen molar-refractivity contribution >= 4 is 52.5 Å².